The number of aliphatic hydroxyl groups excluding tert-OH is 1. The van der Waals surface area contributed by atoms with Gasteiger partial charge in [-0.15, -0.1) is 0 Å². The lowest BCUT2D eigenvalue weighted by Gasteiger charge is -2.58. The molecule has 4 aliphatic rings. The Kier molecular flexibility index (Phi) is 6.50. The van der Waals surface area contributed by atoms with Crippen molar-refractivity contribution in [1.29, 1.82) is 0 Å². The maximum atomic E-state index is 13.9. The van der Waals surface area contributed by atoms with Gasteiger partial charge >= 0.3 is 5.97 Å². The minimum absolute atomic E-state index is 0.0167. The Morgan fingerprint density at radius 1 is 1.20 bits per heavy atom. The van der Waals surface area contributed by atoms with Gasteiger partial charge in [-0.1, -0.05) is 39.8 Å². The number of carboxylic acid groups (broad SMARTS) is 1. The lowest BCUT2D eigenvalue weighted by molar-refractivity contribution is -0.142. The molecular weight excluding hydrogens is 444 g/mol. The quantitative estimate of drug-likeness (QED) is 0.477. The lowest BCUT2D eigenvalue weighted by atomic mass is 9.47. The number of allylic oxidation sites excluding steroid dienone is 1. The molecule has 3 N–H and O–H groups in total. The monoisotopic (exact) mass is 486 g/mol. The SMILES string of the molecule is C=C(CC[C@@H](C)C1CC[C@@]2(O)C3=C(C(=O)C[C@]12C)[C@@]1(C)CCC(=O)[C@@H](C)C1C[C@@H]3O)C(C)C(=O)O. The molecule has 35 heavy (non-hydrogen) atoms. The van der Waals surface area contributed by atoms with Gasteiger partial charge in [0, 0.05) is 35.2 Å². The molecule has 0 heterocycles. The minimum Gasteiger partial charge on any atom is -0.481 e. The maximum absolute atomic E-state index is 13.9. The van der Waals surface area contributed by atoms with E-state index in [-0.39, 0.29) is 41.7 Å². The molecule has 4 rings (SSSR count). The Hall–Kier alpha value is -1.79. The van der Waals surface area contributed by atoms with Crippen LogP contribution < -0.4 is 0 Å². The van der Waals surface area contributed by atoms with Crippen LogP contribution in [0.3, 0.4) is 0 Å². The van der Waals surface area contributed by atoms with E-state index in [1.165, 1.54) is 0 Å². The second kappa shape index (κ2) is 8.65. The molecule has 194 valence electrons. The lowest BCUT2D eigenvalue weighted by Crippen LogP contribution is -2.60. The fourth-order valence-corrected chi connectivity index (χ4v) is 8.47. The number of fused-ring (bicyclic) bond motifs is 4. The van der Waals surface area contributed by atoms with E-state index in [0.29, 0.717) is 48.8 Å². The number of ketones is 2. The van der Waals surface area contributed by atoms with Crippen molar-refractivity contribution in [2.24, 2.45) is 40.4 Å². The van der Waals surface area contributed by atoms with E-state index in [2.05, 4.69) is 20.4 Å². The van der Waals surface area contributed by atoms with Crippen LogP contribution in [-0.4, -0.2) is 44.6 Å². The molecule has 6 heteroatoms. The van der Waals surface area contributed by atoms with E-state index in [9.17, 15) is 29.7 Å². The summed E-state index contributed by atoms with van der Waals surface area (Å²) in [4.78, 5) is 37.6. The fourth-order valence-electron chi connectivity index (χ4n) is 8.47. The second-order valence-electron chi connectivity index (χ2n) is 12.6. The maximum Gasteiger partial charge on any atom is 0.310 e. The second-order valence-corrected chi connectivity index (χ2v) is 12.6. The molecule has 9 atom stereocenters. The van der Waals surface area contributed by atoms with Crippen LogP contribution in [0.1, 0.15) is 86.0 Å². The van der Waals surface area contributed by atoms with Gasteiger partial charge in [-0.2, -0.15) is 0 Å². The molecule has 2 saturated carbocycles. The van der Waals surface area contributed by atoms with E-state index >= 15 is 0 Å². The first kappa shape index (κ1) is 26.3. The number of carbonyl (C=O) groups excluding carboxylic acids is 2. The van der Waals surface area contributed by atoms with E-state index in [0.717, 1.165) is 12.8 Å². The van der Waals surface area contributed by atoms with Gasteiger partial charge in [0.15, 0.2) is 5.78 Å². The number of carbonyl (C=O) groups is 3. The third kappa shape index (κ3) is 3.69. The number of Topliss-reactive ketones (excluding diaryl/α,β-unsaturated/α-hetero) is 2. The number of hydrogen-bond donors (Lipinski definition) is 3. The van der Waals surface area contributed by atoms with Crippen molar-refractivity contribution in [2.75, 3.05) is 0 Å². The molecule has 0 aromatic carbocycles. The molecule has 0 spiro atoms. The van der Waals surface area contributed by atoms with Crippen molar-refractivity contribution >= 4 is 17.5 Å². The number of carboxylic acids is 1. The number of aliphatic hydroxyl groups is 2. The van der Waals surface area contributed by atoms with Crippen LogP contribution in [0.15, 0.2) is 23.3 Å². The van der Waals surface area contributed by atoms with Crippen LogP contribution in [0, 0.1) is 40.4 Å². The van der Waals surface area contributed by atoms with Gasteiger partial charge in [-0.3, -0.25) is 14.4 Å². The van der Waals surface area contributed by atoms with Gasteiger partial charge in [0.05, 0.1) is 17.6 Å². The van der Waals surface area contributed by atoms with Gasteiger partial charge in [-0.05, 0) is 68.8 Å². The molecule has 3 unspecified atom stereocenters. The van der Waals surface area contributed by atoms with Gasteiger partial charge in [0.1, 0.15) is 5.78 Å². The highest BCUT2D eigenvalue weighted by atomic mass is 16.4. The zero-order valence-corrected chi connectivity index (χ0v) is 21.9. The average molecular weight is 487 g/mol. The summed E-state index contributed by atoms with van der Waals surface area (Å²) in [6.45, 7) is 13.7. The van der Waals surface area contributed by atoms with Gasteiger partial charge in [0.25, 0.3) is 0 Å². The first-order valence-corrected chi connectivity index (χ1v) is 13.3. The Bertz CT molecular complexity index is 995. The molecule has 6 nitrogen and oxygen atoms in total. The Morgan fingerprint density at radius 3 is 2.49 bits per heavy atom. The van der Waals surface area contributed by atoms with E-state index in [1.807, 2.05) is 13.8 Å². The molecule has 0 radical (unpaired) electrons. The number of rotatable bonds is 6. The summed E-state index contributed by atoms with van der Waals surface area (Å²) in [5.74, 6) is -1.32. The topological polar surface area (TPSA) is 112 Å². The largest absolute Gasteiger partial charge is 0.481 e. The predicted octanol–water partition coefficient (Wildman–Crippen LogP) is 4.48. The zero-order valence-electron chi connectivity index (χ0n) is 21.9. The van der Waals surface area contributed by atoms with Crippen molar-refractivity contribution < 1.29 is 29.7 Å². The van der Waals surface area contributed by atoms with Crippen LogP contribution in [0.5, 0.6) is 0 Å². The molecule has 2 fully saturated rings. The van der Waals surface area contributed by atoms with Crippen molar-refractivity contribution in [1.82, 2.24) is 0 Å². The molecule has 0 aromatic heterocycles. The van der Waals surface area contributed by atoms with Crippen LogP contribution in [-0.2, 0) is 14.4 Å². The summed E-state index contributed by atoms with van der Waals surface area (Å²) < 4.78 is 0. The normalized spacial score (nSPS) is 42.7. The van der Waals surface area contributed by atoms with Crippen LogP contribution in [0.25, 0.3) is 0 Å². The molecular formula is C29H42O6. The van der Waals surface area contributed by atoms with E-state index in [4.69, 9.17) is 0 Å². The van der Waals surface area contributed by atoms with Crippen molar-refractivity contribution in [3.05, 3.63) is 23.3 Å². The van der Waals surface area contributed by atoms with Crippen LogP contribution in [0.2, 0.25) is 0 Å². The molecule has 0 aliphatic heterocycles. The highest BCUT2D eigenvalue weighted by molar-refractivity contribution is 6.01. The third-order valence-corrected chi connectivity index (χ3v) is 10.9. The summed E-state index contributed by atoms with van der Waals surface area (Å²) in [7, 11) is 0. The third-order valence-electron chi connectivity index (χ3n) is 10.9. The summed E-state index contributed by atoms with van der Waals surface area (Å²) in [5.41, 5.74) is -0.603. The standard InChI is InChI=1S/C29H42O6/c1-15(17(3)26(33)34)7-8-16(2)19-9-12-29(35)25-22(31)13-20-18(4)21(30)10-11-27(20,5)24(25)23(32)14-28(19,29)6/h16-20,22,31,35H,1,7-14H2,2-6H3,(H,33,34)/t16-,17?,18+,19?,20?,22+,27+,28-,29-/m1/s1. The highest BCUT2D eigenvalue weighted by Crippen LogP contribution is 2.67. The Balaban J connectivity index is 1.66. The summed E-state index contributed by atoms with van der Waals surface area (Å²) >= 11 is 0. The van der Waals surface area contributed by atoms with Crippen molar-refractivity contribution in [3.8, 4) is 0 Å². The minimum atomic E-state index is -1.25. The summed E-state index contributed by atoms with van der Waals surface area (Å²) in [6.07, 6.45) is 3.34. The summed E-state index contributed by atoms with van der Waals surface area (Å²) in [6, 6.07) is 0. The Morgan fingerprint density at radius 2 is 1.86 bits per heavy atom. The van der Waals surface area contributed by atoms with E-state index in [1.54, 1.807) is 6.92 Å². The molecule has 0 aromatic rings. The molecule has 0 bridgehead atoms. The Labute approximate surface area is 208 Å². The fraction of sp³-hybridized carbons (Fsp3) is 0.759. The van der Waals surface area contributed by atoms with Gasteiger partial charge in [0.2, 0.25) is 0 Å². The first-order chi connectivity index (χ1) is 16.2. The van der Waals surface area contributed by atoms with Gasteiger partial charge in [-0.25, -0.2) is 0 Å². The van der Waals surface area contributed by atoms with E-state index < -0.39 is 34.4 Å². The van der Waals surface area contributed by atoms with Crippen molar-refractivity contribution in [2.45, 2.75) is 97.7 Å². The zero-order chi connectivity index (χ0) is 26.1. The molecule has 0 saturated heterocycles. The van der Waals surface area contributed by atoms with Crippen molar-refractivity contribution in [3.63, 3.8) is 0 Å². The predicted molar refractivity (Wildman–Crippen MR) is 132 cm³/mol. The first-order valence-electron chi connectivity index (χ1n) is 13.3. The average Bonchev–Trinajstić information content (AvgIpc) is 3.06. The highest BCUT2D eigenvalue weighted by Gasteiger charge is 2.67. The molecule has 0 amide bonds. The van der Waals surface area contributed by atoms with Crippen LogP contribution in [0.4, 0.5) is 0 Å². The van der Waals surface area contributed by atoms with Gasteiger partial charge < -0.3 is 15.3 Å². The smallest absolute Gasteiger partial charge is 0.310 e. The number of hydrogen-bond acceptors (Lipinski definition) is 5. The van der Waals surface area contributed by atoms with Crippen LogP contribution >= 0.6 is 0 Å². The summed E-state index contributed by atoms with van der Waals surface area (Å²) in [5, 5.41) is 33.0. The molecule has 4 aliphatic carbocycles. The number of aliphatic carboxylic acids is 1.